The number of nitrogens with one attached hydrogen (secondary N) is 2. The smallest absolute Gasteiger partial charge is 0.264 e. The van der Waals surface area contributed by atoms with E-state index in [9.17, 15) is 9.59 Å². The lowest BCUT2D eigenvalue weighted by atomic mass is 9.95. The monoisotopic (exact) mass is 245 g/mol. The van der Waals surface area contributed by atoms with Gasteiger partial charge < -0.3 is 10.6 Å². The standard InChI is InChI=1S/C13H15N3O2/c1-8-4-3-5-9(6-8)11-12(17)15-10(7-14-2)16-13(11)18/h3-6,11,14H,7H2,1-2H3,(H,15,16,17,18). The molecule has 0 bridgehead atoms. The van der Waals surface area contributed by atoms with Crippen molar-refractivity contribution in [1.82, 2.24) is 10.6 Å². The second-order valence-corrected chi connectivity index (χ2v) is 4.26. The summed E-state index contributed by atoms with van der Waals surface area (Å²) < 4.78 is 0. The molecule has 0 aromatic heterocycles. The van der Waals surface area contributed by atoms with Crippen molar-refractivity contribution in [3.8, 4) is 0 Å². The Labute approximate surface area is 105 Å². The van der Waals surface area contributed by atoms with Crippen molar-refractivity contribution in [1.29, 1.82) is 0 Å². The van der Waals surface area contributed by atoms with Crippen molar-refractivity contribution >= 4 is 17.6 Å². The zero-order valence-corrected chi connectivity index (χ0v) is 10.4. The fraction of sp³-hybridized carbons (Fsp3) is 0.308. The van der Waals surface area contributed by atoms with Crippen molar-refractivity contribution in [2.24, 2.45) is 4.99 Å². The SMILES string of the molecule is CNCC1=NC(=O)C(c2cccc(C)c2)C(=O)N1. The number of likely N-dealkylation sites (N-methyl/N-ethyl adjacent to an activating group) is 1. The minimum atomic E-state index is -0.828. The molecule has 0 spiro atoms. The van der Waals surface area contributed by atoms with Crippen molar-refractivity contribution in [3.05, 3.63) is 35.4 Å². The number of rotatable bonds is 3. The molecule has 0 saturated carbocycles. The van der Waals surface area contributed by atoms with E-state index in [1.54, 1.807) is 13.1 Å². The zero-order chi connectivity index (χ0) is 13.1. The van der Waals surface area contributed by atoms with Gasteiger partial charge in [0.25, 0.3) is 5.91 Å². The number of carbonyl (C=O) groups excluding carboxylic acids is 2. The fourth-order valence-corrected chi connectivity index (χ4v) is 1.95. The Balaban J connectivity index is 2.30. The summed E-state index contributed by atoms with van der Waals surface area (Å²) in [5.74, 6) is -1.18. The minimum absolute atomic E-state index is 0.314. The van der Waals surface area contributed by atoms with E-state index < -0.39 is 11.8 Å². The van der Waals surface area contributed by atoms with Gasteiger partial charge in [-0.15, -0.1) is 0 Å². The molecule has 0 aliphatic carbocycles. The predicted molar refractivity (Wildman–Crippen MR) is 68.4 cm³/mol. The van der Waals surface area contributed by atoms with Crippen LogP contribution in [-0.4, -0.2) is 31.2 Å². The first kappa shape index (κ1) is 12.4. The van der Waals surface area contributed by atoms with E-state index in [1.165, 1.54) is 0 Å². The Morgan fingerprint density at radius 1 is 1.39 bits per heavy atom. The molecule has 94 valence electrons. The predicted octanol–water partition coefficient (Wildman–Crippen LogP) is 0.353. The Bertz CT molecular complexity index is 523. The summed E-state index contributed by atoms with van der Waals surface area (Å²) in [6.07, 6.45) is 0. The second-order valence-electron chi connectivity index (χ2n) is 4.26. The van der Waals surface area contributed by atoms with Crippen molar-refractivity contribution < 1.29 is 9.59 Å². The fourth-order valence-electron chi connectivity index (χ4n) is 1.95. The highest BCUT2D eigenvalue weighted by Gasteiger charge is 2.32. The highest BCUT2D eigenvalue weighted by Crippen LogP contribution is 2.21. The Kier molecular flexibility index (Phi) is 3.53. The van der Waals surface area contributed by atoms with E-state index in [2.05, 4.69) is 15.6 Å². The molecule has 1 atom stereocenters. The van der Waals surface area contributed by atoms with Crippen LogP contribution in [0.4, 0.5) is 0 Å². The number of aryl methyl sites for hydroxylation is 1. The highest BCUT2D eigenvalue weighted by atomic mass is 16.2. The Morgan fingerprint density at radius 3 is 2.78 bits per heavy atom. The van der Waals surface area contributed by atoms with Crippen LogP contribution in [-0.2, 0) is 9.59 Å². The van der Waals surface area contributed by atoms with Gasteiger partial charge in [-0.1, -0.05) is 29.8 Å². The maximum absolute atomic E-state index is 12.0. The highest BCUT2D eigenvalue weighted by molar-refractivity contribution is 6.19. The van der Waals surface area contributed by atoms with Crippen molar-refractivity contribution in [2.45, 2.75) is 12.8 Å². The molecular formula is C13H15N3O2. The van der Waals surface area contributed by atoms with Gasteiger partial charge in [0.1, 0.15) is 11.8 Å². The first-order chi connectivity index (χ1) is 8.61. The third-order valence-electron chi connectivity index (χ3n) is 2.74. The van der Waals surface area contributed by atoms with Crippen LogP contribution < -0.4 is 10.6 Å². The summed E-state index contributed by atoms with van der Waals surface area (Å²) in [5, 5.41) is 5.49. The molecule has 5 nitrogen and oxygen atoms in total. The van der Waals surface area contributed by atoms with E-state index in [4.69, 9.17) is 0 Å². The van der Waals surface area contributed by atoms with Gasteiger partial charge in [0.2, 0.25) is 5.91 Å². The summed E-state index contributed by atoms with van der Waals surface area (Å²) in [7, 11) is 1.73. The number of amidine groups is 1. The quantitative estimate of drug-likeness (QED) is 0.755. The zero-order valence-electron chi connectivity index (χ0n) is 10.4. The average Bonchev–Trinajstić information content (AvgIpc) is 2.28. The van der Waals surface area contributed by atoms with Crippen LogP contribution in [0.2, 0.25) is 0 Å². The third kappa shape index (κ3) is 2.46. The maximum atomic E-state index is 12.0. The molecule has 18 heavy (non-hydrogen) atoms. The first-order valence-corrected chi connectivity index (χ1v) is 5.75. The number of hydrogen-bond donors (Lipinski definition) is 2. The van der Waals surface area contributed by atoms with Gasteiger partial charge in [-0.3, -0.25) is 9.59 Å². The van der Waals surface area contributed by atoms with E-state index in [1.807, 2.05) is 25.1 Å². The molecule has 1 aliphatic rings. The van der Waals surface area contributed by atoms with E-state index in [0.717, 1.165) is 5.56 Å². The number of hydrogen-bond acceptors (Lipinski definition) is 3. The Morgan fingerprint density at radius 2 is 2.17 bits per heavy atom. The van der Waals surface area contributed by atoms with Gasteiger partial charge in [-0.05, 0) is 19.5 Å². The van der Waals surface area contributed by atoms with Crippen molar-refractivity contribution in [3.63, 3.8) is 0 Å². The van der Waals surface area contributed by atoms with E-state index in [0.29, 0.717) is 17.9 Å². The van der Waals surface area contributed by atoms with Crippen LogP contribution in [0.15, 0.2) is 29.3 Å². The summed E-state index contributed by atoms with van der Waals surface area (Å²) in [6.45, 7) is 2.29. The molecule has 1 unspecified atom stereocenters. The summed E-state index contributed by atoms with van der Waals surface area (Å²) in [5.41, 5.74) is 1.70. The molecule has 1 aliphatic heterocycles. The van der Waals surface area contributed by atoms with E-state index in [-0.39, 0.29) is 5.91 Å². The van der Waals surface area contributed by atoms with Crippen LogP contribution in [0.25, 0.3) is 0 Å². The largest absolute Gasteiger partial charge is 0.313 e. The van der Waals surface area contributed by atoms with Gasteiger partial charge in [0, 0.05) is 0 Å². The normalized spacial score (nSPS) is 19.4. The van der Waals surface area contributed by atoms with Gasteiger partial charge in [0.05, 0.1) is 6.54 Å². The van der Waals surface area contributed by atoms with Crippen LogP contribution in [0.3, 0.4) is 0 Å². The molecule has 2 amide bonds. The second kappa shape index (κ2) is 5.10. The van der Waals surface area contributed by atoms with Crippen LogP contribution in [0.5, 0.6) is 0 Å². The molecule has 1 heterocycles. The average molecular weight is 245 g/mol. The van der Waals surface area contributed by atoms with Gasteiger partial charge in [-0.2, -0.15) is 4.99 Å². The summed E-state index contributed by atoms with van der Waals surface area (Å²) in [4.78, 5) is 27.8. The first-order valence-electron chi connectivity index (χ1n) is 5.75. The number of aliphatic imine (C=N–C) groups is 1. The molecule has 1 aromatic carbocycles. The lowest BCUT2D eigenvalue weighted by Gasteiger charge is -2.20. The molecule has 1 aromatic rings. The molecule has 0 radical (unpaired) electrons. The van der Waals surface area contributed by atoms with Crippen LogP contribution >= 0.6 is 0 Å². The summed E-state index contributed by atoms with van der Waals surface area (Å²) >= 11 is 0. The summed E-state index contributed by atoms with van der Waals surface area (Å²) in [6, 6.07) is 7.36. The lowest BCUT2D eigenvalue weighted by molar-refractivity contribution is -0.129. The maximum Gasteiger partial charge on any atom is 0.264 e. The van der Waals surface area contributed by atoms with Gasteiger partial charge in [-0.25, -0.2) is 0 Å². The van der Waals surface area contributed by atoms with Crippen LogP contribution in [0, 0.1) is 6.92 Å². The minimum Gasteiger partial charge on any atom is -0.313 e. The molecule has 5 heteroatoms. The van der Waals surface area contributed by atoms with Crippen molar-refractivity contribution in [2.75, 3.05) is 13.6 Å². The molecule has 2 N–H and O–H groups in total. The molecule has 0 fully saturated rings. The van der Waals surface area contributed by atoms with E-state index >= 15 is 0 Å². The topological polar surface area (TPSA) is 70.6 Å². The third-order valence-corrected chi connectivity index (χ3v) is 2.74. The van der Waals surface area contributed by atoms with Crippen LogP contribution in [0.1, 0.15) is 17.0 Å². The number of amides is 2. The lowest BCUT2D eigenvalue weighted by Crippen LogP contribution is -2.46. The Hall–Kier alpha value is -2.01. The van der Waals surface area contributed by atoms with Gasteiger partial charge >= 0.3 is 0 Å². The number of carbonyl (C=O) groups is 2. The van der Waals surface area contributed by atoms with Gasteiger partial charge in [0.15, 0.2) is 0 Å². The molecule has 0 saturated heterocycles. The number of benzene rings is 1. The molecule has 2 rings (SSSR count). The number of nitrogens with zero attached hydrogens (tertiary/aromatic N) is 1. The molecular weight excluding hydrogens is 230 g/mol.